The smallest absolute Gasteiger partial charge is 0.0254 e. The predicted molar refractivity (Wildman–Crippen MR) is 69.2 cm³/mol. The summed E-state index contributed by atoms with van der Waals surface area (Å²) >= 11 is 0. The highest BCUT2D eigenvalue weighted by atomic mass is 14.0. The van der Waals surface area contributed by atoms with E-state index in [1.165, 1.54) is 41.5 Å². The maximum atomic E-state index is 2.28. The molecule has 0 unspecified atom stereocenters. The summed E-state index contributed by atoms with van der Waals surface area (Å²) in [5.41, 5.74) is 5.54. The number of hydrogen-bond acceptors (Lipinski definition) is 0. The Morgan fingerprint density at radius 2 is 1.67 bits per heavy atom. The Hall–Kier alpha value is -1.04. The van der Waals surface area contributed by atoms with Crippen molar-refractivity contribution >= 4 is 6.08 Å². The molecule has 0 amide bonds. The van der Waals surface area contributed by atoms with Gasteiger partial charge in [-0.2, -0.15) is 0 Å². The third-order valence-electron chi connectivity index (χ3n) is 2.98. The van der Waals surface area contributed by atoms with Crippen LogP contribution < -0.4 is 0 Å². The van der Waals surface area contributed by atoms with Crippen molar-refractivity contribution in [3.8, 4) is 0 Å². The molecule has 0 aromatic heterocycles. The monoisotopic (exact) mass is 202 g/mol. The number of hydrogen-bond donors (Lipinski definition) is 0. The zero-order chi connectivity index (χ0) is 11.3. The summed E-state index contributed by atoms with van der Waals surface area (Å²) in [6.07, 6.45) is 8.29. The molecule has 15 heavy (non-hydrogen) atoms. The van der Waals surface area contributed by atoms with Gasteiger partial charge in [0.15, 0.2) is 0 Å². The van der Waals surface area contributed by atoms with Gasteiger partial charge >= 0.3 is 0 Å². The molecular weight excluding hydrogens is 180 g/mol. The van der Waals surface area contributed by atoms with Crippen LogP contribution in [0.1, 0.15) is 48.4 Å². The molecule has 0 saturated carbocycles. The van der Waals surface area contributed by atoms with Gasteiger partial charge in [0.05, 0.1) is 0 Å². The second kappa shape index (κ2) is 5.75. The zero-order valence-corrected chi connectivity index (χ0v) is 10.4. The second-order valence-corrected chi connectivity index (χ2v) is 4.32. The summed E-state index contributed by atoms with van der Waals surface area (Å²) in [5, 5.41) is 0. The zero-order valence-electron chi connectivity index (χ0n) is 10.4. The van der Waals surface area contributed by atoms with Crippen molar-refractivity contribution in [1.82, 2.24) is 0 Å². The second-order valence-electron chi connectivity index (χ2n) is 4.32. The van der Waals surface area contributed by atoms with E-state index < -0.39 is 0 Å². The molecule has 0 aliphatic carbocycles. The molecule has 0 nitrogen and oxygen atoms in total. The lowest BCUT2D eigenvalue weighted by Gasteiger charge is -2.06. The van der Waals surface area contributed by atoms with Crippen molar-refractivity contribution in [3.63, 3.8) is 0 Å². The number of unbranched alkanes of at least 4 members (excludes halogenated alkanes) is 2. The van der Waals surface area contributed by atoms with E-state index in [4.69, 9.17) is 0 Å². The van der Waals surface area contributed by atoms with Crippen LogP contribution in [-0.2, 0) is 0 Å². The number of aryl methyl sites for hydroxylation is 2. The molecule has 0 radical (unpaired) electrons. The molecule has 0 heteroatoms. The first-order chi connectivity index (χ1) is 7.15. The molecule has 0 atom stereocenters. The topological polar surface area (TPSA) is 0 Å². The van der Waals surface area contributed by atoms with Crippen molar-refractivity contribution in [2.45, 2.75) is 47.0 Å². The van der Waals surface area contributed by atoms with E-state index in [-0.39, 0.29) is 0 Å². The Balaban J connectivity index is 2.74. The highest BCUT2D eigenvalue weighted by Crippen LogP contribution is 2.16. The minimum absolute atomic E-state index is 1.20. The highest BCUT2D eigenvalue weighted by molar-refractivity contribution is 5.53. The van der Waals surface area contributed by atoms with Gasteiger partial charge in [-0.05, 0) is 49.4 Å². The average molecular weight is 202 g/mol. The van der Waals surface area contributed by atoms with Crippen molar-refractivity contribution < 1.29 is 0 Å². The van der Waals surface area contributed by atoms with Crippen LogP contribution in [0.4, 0.5) is 0 Å². The summed E-state index contributed by atoms with van der Waals surface area (Å²) in [6.45, 7) is 8.79. The summed E-state index contributed by atoms with van der Waals surface area (Å²) < 4.78 is 0. The van der Waals surface area contributed by atoms with Gasteiger partial charge in [-0.1, -0.05) is 44.1 Å². The van der Waals surface area contributed by atoms with Crippen LogP contribution in [0, 0.1) is 20.8 Å². The van der Waals surface area contributed by atoms with Gasteiger partial charge in [0.25, 0.3) is 0 Å². The largest absolute Gasteiger partial charge is 0.0839 e. The normalized spacial score (nSPS) is 11.2. The third-order valence-corrected chi connectivity index (χ3v) is 2.98. The van der Waals surface area contributed by atoms with E-state index in [1.807, 2.05) is 0 Å². The maximum absolute atomic E-state index is 2.28. The third kappa shape index (κ3) is 3.54. The number of allylic oxidation sites excluding steroid dienone is 1. The Morgan fingerprint density at radius 3 is 2.20 bits per heavy atom. The van der Waals surface area contributed by atoms with E-state index in [0.717, 1.165) is 0 Å². The molecule has 82 valence electrons. The van der Waals surface area contributed by atoms with Gasteiger partial charge in [0.2, 0.25) is 0 Å². The van der Waals surface area contributed by atoms with Gasteiger partial charge in [0.1, 0.15) is 0 Å². The van der Waals surface area contributed by atoms with E-state index in [1.54, 1.807) is 0 Å². The molecule has 0 spiro atoms. The van der Waals surface area contributed by atoms with Crippen LogP contribution in [-0.4, -0.2) is 0 Å². The maximum Gasteiger partial charge on any atom is -0.0254 e. The SMILES string of the molecule is CCCCC=Cc1cc(C)c(C)c(C)c1. The Morgan fingerprint density at radius 1 is 1.07 bits per heavy atom. The first kappa shape index (κ1) is 12.0. The van der Waals surface area contributed by atoms with Crippen LogP contribution in [0.5, 0.6) is 0 Å². The fraction of sp³-hybridized carbons (Fsp3) is 0.467. The van der Waals surface area contributed by atoms with Gasteiger partial charge in [-0.15, -0.1) is 0 Å². The fourth-order valence-corrected chi connectivity index (χ4v) is 1.71. The molecule has 1 aromatic carbocycles. The quantitative estimate of drug-likeness (QED) is 0.614. The van der Waals surface area contributed by atoms with Crippen LogP contribution >= 0.6 is 0 Å². The average Bonchev–Trinajstić information content (AvgIpc) is 2.21. The number of benzene rings is 1. The fourth-order valence-electron chi connectivity index (χ4n) is 1.71. The summed E-state index contributed by atoms with van der Waals surface area (Å²) in [7, 11) is 0. The Kier molecular flexibility index (Phi) is 4.61. The van der Waals surface area contributed by atoms with Gasteiger partial charge < -0.3 is 0 Å². The van der Waals surface area contributed by atoms with Gasteiger partial charge in [-0.3, -0.25) is 0 Å². The highest BCUT2D eigenvalue weighted by Gasteiger charge is 1.97. The van der Waals surface area contributed by atoms with E-state index >= 15 is 0 Å². The molecule has 1 rings (SSSR count). The van der Waals surface area contributed by atoms with Crippen LogP contribution in [0.15, 0.2) is 18.2 Å². The predicted octanol–water partition coefficient (Wildman–Crippen LogP) is 4.82. The first-order valence-electron chi connectivity index (χ1n) is 5.89. The van der Waals surface area contributed by atoms with E-state index in [0.29, 0.717) is 0 Å². The minimum atomic E-state index is 1.20. The molecule has 0 saturated heterocycles. The Bertz CT molecular complexity index is 322. The summed E-state index contributed by atoms with van der Waals surface area (Å²) in [4.78, 5) is 0. The molecule has 0 aliphatic rings. The van der Waals surface area contributed by atoms with E-state index in [2.05, 4.69) is 52.0 Å². The van der Waals surface area contributed by atoms with Crippen molar-refractivity contribution in [2.24, 2.45) is 0 Å². The molecule has 0 N–H and O–H groups in total. The van der Waals surface area contributed by atoms with Crippen LogP contribution in [0.2, 0.25) is 0 Å². The molecule has 0 aliphatic heterocycles. The first-order valence-corrected chi connectivity index (χ1v) is 5.89. The molecule has 1 aromatic rings. The summed E-state index contributed by atoms with van der Waals surface area (Å²) in [5.74, 6) is 0. The lowest BCUT2D eigenvalue weighted by atomic mass is 10.0. The Labute approximate surface area is 94.0 Å². The molecular formula is C15H22. The molecule has 0 bridgehead atoms. The minimum Gasteiger partial charge on any atom is -0.0839 e. The van der Waals surface area contributed by atoms with Crippen molar-refractivity contribution in [3.05, 3.63) is 40.5 Å². The lowest BCUT2D eigenvalue weighted by Crippen LogP contribution is -1.87. The van der Waals surface area contributed by atoms with Crippen molar-refractivity contribution in [1.29, 1.82) is 0 Å². The lowest BCUT2D eigenvalue weighted by molar-refractivity contribution is 0.816. The van der Waals surface area contributed by atoms with Crippen LogP contribution in [0.25, 0.3) is 6.08 Å². The van der Waals surface area contributed by atoms with Gasteiger partial charge in [-0.25, -0.2) is 0 Å². The summed E-state index contributed by atoms with van der Waals surface area (Å²) in [6, 6.07) is 4.54. The van der Waals surface area contributed by atoms with Crippen molar-refractivity contribution in [2.75, 3.05) is 0 Å². The number of rotatable bonds is 4. The molecule has 0 fully saturated rings. The van der Waals surface area contributed by atoms with Crippen LogP contribution in [0.3, 0.4) is 0 Å². The van der Waals surface area contributed by atoms with Gasteiger partial charge in [0, 0.05) is 0 Å². The standard InChI is InChI=1S/C15H22/c1-5-6-7-8-9-15-10-12(2)14(4)13(3)11-15/h8-11H,5-7H2,1-4H3. The van der Waals surface area contributed by atoms with E-state index in [9.17, 15) is 0 Å². The molecule has 0 heterocycles.